The normalized spacial score (nSPS) is 19.6. The Kier molecular flexibility index (Phi) is 18.9. The van der Waals surface area contributed by atoms with Gasteiger partial charge in [0, 0.05) is 127 Å². The first-order valence-corrected chi connectivity index (χ1v) is 31.2. The molecule has 2 fully saturated rings. The number of carbonyl (C=O) groups excluding carboxylic acids is 6. The van der Waals surface area contributed by atoms with Gasteiger partial charge in [-0.3, -0.25) is 19.2 Å². The van der Waals surface area contributed by atoms with E-state index in [-0.39, 0.29) is 60.2 Å². The van der Waals surface area contributed by atoms with Gasteiger partial charge < -0.3 is 19.5 Å². The number of para-hydroxylation sites is 2. The molecule has 87 heavy (non-hydrogen) atoms. The summed E-state index contributed by atoms with van der Waals surface area (Å²) in [5, 5.41) is 1.25. The summed E-state index contributed by atoms with van der Waals surface area (Å²) < 4.78 is 4.71. The Morgan fingerprint density at radius 1 is 0.506 bits per heavy atom. The minimum atomic E-state index is -0.538. The number of amides is 4. The highest BCUT2D eigenvalue weighted by atomic mass is 16.7. The van der Waals surface area contributed by atoms with Crippen molar-refractivity contribution >= 4 is 69.7 Å². The van der Waals surface area contributed by atoms with E-state index in [1.807, 2.05) is 0 Å². The van der Waals surface area contributed by atoms with Crippen molar-refractivity contribution in [3.05, 3.63) is 178 Å². The molecule has 2 saturated heterocycles. The quantitative estimate of drug-likeness (QED) is 0.0363. The van der Waals surface area contributed by atoms with Crippen LogP contribution in [-0.2, 0) is 60.1 Å². The van der Waals surface area contributed by atoms with E-state index in [2.05, 4.69) is 236 Å². The van der Waals surface area contributed by atoms with Crippen LogP contribution in [0.3, 0.4) is 0 Å². The second kappa shape index (κ2) is 26.0. The molecule has 6 heterocycles. The zero-order chi connectivity index (χ0) is 62.6. The monoisotopic (exact) mass is 1180 g/mol. The van der Waals surface area contributed by atoms with Gasteiger partial charge >= 0.3 is 11.9 Å². The maximum Gasteiger partial charge on any atom is 0.333 e. The summed E-state index contributed by atoms with van der Waals surface area (Å²) in [6.45, 7) is 27.4. The third-order valence-electron chi connectivity index (χ3n) is 18.3. The molecule has 10 rings (SSSR count). The molecule has 6 aliphatic rings. The van der Waals surface area contributed by atoms with Crippen molar-refractivity contribution < 1.29 is 47.6 Å². The molecule has 456 valence electrons. The lowest BCUT2D eigenvalue weighted by Crippen LogP contribution is -2.32. The molecular formula is C73H88N6O8+2. The topological polar surface area (TPSA) is 140 Å². The molecule has 0 bridgehead atoms. The molecule has 0 N–H and O–H groups in total. The number of unbranched alkanes of at least 4 members (excludes halogenated alkanes) is 4. The number of likely N-dealkylation sites (N-methyl/N-ethyl adjacent to an activating group) is 1. The second-order valence-corrected chi connectivity index (χ2v) is 25.9. The fourth-order valence-corrected chi connectivity index (χ4v) is 13.5. The fraction of sp³-hybridized carbons (Fsp3) is 0.425. The van der Waals surface area contributed by atoms with Gasteiger partial charge in [0.25, 0.3) is 23.6 Å². The molecular weight excluding hydrogens is 1090 g/mol. The van der Waals surface area contributed by atoms with Gasteiger partial charge in [-0.1, -0.05) is 124 Å². The number of carbonyl (C=O) groups is 6. The third kappa shape index (κ3) is 12.9. The van der Waals surface area contributed by atoms with E-state index in [0.717, 1.165) is 45.3 Å². The number of hydroxylamine groups is 4. The van der Waals surface area contributed by atoms with E-state index in [4.69, 9.17) is 9.68 Å². The van der Waals surface area contributed by atoms with E-state index in [9.17, 15) is 28.8 Å². The average molecular weight is 1180 g/mol. The summed E-state index contributed by atoms with van der Waals surface area (Å²) in [6, 6.07) is 30.6. The summed E-state index contributed by atoms with van der Waals surface area (Å²) >= 11 is 0. The lowest BCUT2D eigenvalue weighted by atomic mass is 9.81. The van der Waals surface area contributed by atoms with Crippen LogP contribution in [0.15, 0.2) is 145 Å². The van der Waals surface area contributed by atoms with E-state index >= 15 is 0 Å². The van der Waals surface area contributed by atoms with Gasteiger partial charge in [-0.15, -0.1) is 10.1 Å². The van der Waals surface area contributed by atoms with E-state index in [0.29, 0.717) is 23.0 Å². The molecule has 6 aliphatic heterocycles. The molecule has 0 radical (unpaired) electrons. The smallest absolute Gasteiger partial charge is 0.333 e. The number of fused-ring (bicyclic) bond motifs is 4. The maximum absolute atomic E-state index is 12.2. The first-order chi connectivity index (χ1) is 41.4. The van der Waals surface area contributed by atoms with E-state index < -0.39 is 35.6 Å². The predicted octanol–water partition coefficient (Wildman–Crippen LogP) is 13.8. The molecule has 0 unspecified atom stereocenters. The van der Waals surface area contributed by atoms with Crippen LogP contribution < -0.4 is 9.80 Å². The van der Waals surface area contributed by atoms with E-state index in [1.165, 1.54) is 78.9 Å². The van der Waals surface area contributed by atoms with Crippen LogP contribution in [0.4, 0.5) is 22.7 Å². The van der Waals surface area contributed by atoms with Crippen LogP contribution >= 0.6 is 0 Å². The average Bonchev–Trinajstić information content (AvgIpc) is 1.67. The Hall–Kier alpha value is -8.26. The number of hydrogen-bond acceptors (Lipinski definition) is 10. The standard InChI is InChI=1S/C37H44N3O4.C36H44N3O4/c1-26-20-21-29-28(25-26)37(4,5)31(38(29)6)17-9-7-10-18-32-36(2,3)27-15-12-13-16-30(27)39(32)24-14-8-11-19-35(43)44-40-33(41)22-23-34(40)42;1-7-37-29-20-19-25(2)24-27(29)36(5,6)30(37)16-13-17-31-35(3,4)26-14-10-11-15-28(26)38(31)23-12-8-9-18-34(42)43-39-32(40)21-22-33(39)41/h7,9-10,12-13,15-18,20-21,25H,8,11,14,19,22-24H2,1-6H3;10-11,13-17,19-20,24H,7-9,12,18,21-23H2,1-6H3/q2*+1. The summed E-state index contributed by atoms with van der Waals surface area (Å²) in [5.74, 6) is -2.86. The van der Waals surface area contributed by atoms with Gasteiger partial charge in [-0.2, -0.15) is 9.15 Å². The number of anilines is 2. The molecule has 4 aromatic rings. The molecule has 14 nitrogen and oxygen atoms in total. The van der Waals surface area contributed by atoms with Crippen LogP contribution in [-0.4, -0.2) is 93.0 Å². The van der Waals surface area contributed by atoms with Crippen molar-refractivity contribution in [2.24, 2.45) is 0 Å². The van der Waals surface area contributed by atoms with Crippen LogP contribution in [0.1, 0.15) is 173 Å². The van der Waals surface area contributed by atoms with E-state index in [1.54, 1.807) is 0 Å². The van der Waals surface area contributed by atoms with Gasteiger partial charge in [0.05, 0.1) is 10.8 Å². The van der Waals surface area contributed by atoms with Gasteiger partial charge in [-0.05, 0) is 116 Å². The summed E-state index contributed by atoms with van der Waals surface area (Å²) in [6.07, 6.45) is 23.0. The fourth-order valence-electron chi connectivity index (χ4n) is 13.5. The molecule has 0 spiro atoms. The van der Waals surface area contributed by atoms with Crippen LogP contribution in [0, 0.1) is 13.8 Å². The predicted molar refractivity (Wildman–Crippen MR) is 343 cm³/mol. The highest BCUT2D eigenvalue weighted by molar-refractivity contribution is 6.04. The van der Waals surface area contributed by atoms with Crippen molar-refractivity contribution in [3.8, 4) is 0 Å². The molecule has 0 atom stereocenters. The number of rotatable bonds is 20. The molecule has 4 amide bonds. The number of aryl methyl sites for hydroxylation is 2. The van der Waals surface area contributed by atoms with Gasteiger partial charge in [-0.25, -0.2) is 9.59 Å². The Morgan fingerprint density at radius 3 is 1.64 bits per heavy atom. The van der Waals surface area contributed by atoms with Crippen molar-refractivity contribution in [2.75, 3.05) is 36.5 Å². The maximum atomic E-state index is 12.2. The first-order valence-electron chi connectivity index (χ1n) is 31.2. The van der Waals surface area contributed by atoms with Crippen molar-refractivity contribution in [2.45, 2.75) is 175 Å². The third-order valence-corrected chi connectivity index (χ3v) is 18.3. The zero-order valence-corrected chi connectivity index (χ0v) is 53.3. The minimum absolute atomic E-state index is 0.0649. The number of nitrogens with zero attached hydrogens (tertiary/aromatic N) is 6. The van der Waals surface area contributed by atoms with Crippen molar-refractivity contribution in [1.29, 1.82) is 0 Å². The highest BCUT2D eigenvalue weighted by Crippen LogP contribution is 2.50. The van der Waals surface area contributed by atoms with Crippen LogP contribution in [0.25, 0.3) is 0 Å². The molecule has 0 aromatic heterocycles. The highest BCUT2D eigenvalue weighted by Gasteiger charge is 2.46. The molecule has 0 aliphatic carbocycles. The largest absolute Gasteiger partial charge is 0.344 e. The Bertz CT molecular complexity index is 3590. The lowest BCUT2D eigenvalue weighted by molar-refractivity contribution is -0.438. The Labute approximate surface area is 514 Å². The van der Waals surface area contributed by atoms with Gasteiger partial charge in [0.2, 0.25) is 11.4 Å². The molecule has 14 heteroatoms. The van der Waals surface area contributed by atoms with Gasteiger partial charge in [0.1, 0.15) is 13.6 Å². The SMILES string of the molecule is CCN1/C(=C/C=C/C2=[N+](CCCCCC(=O)ON3C(=O)CCC3=O)c3ccccc3C2(C)C)C(C)(C)c2cc(C)ccc21.Cc1ccc2c(c1)C(C)(C)C(C=CC=CC=C1N(CCCCCC(=O)ON3C(=O)CCC3=O)c3ccccc3C1(C)C)=[N+]2C. The lowest BCUT2D eigenvalue weighted by Gasteiger charge is -2.27. The number of allylic oxidation sites excluding steroid dienone is 10. The minimum Gasteiger partial charge on any atom is -0.344 e. The van der Waals surface area contributed by atoms with Crippen molar-refractivity contribution in [3.63, 3.8) is 0 Å². The first kappa shape index (κ1) is 63.2. The Morgan fingerprint density at radius 2 is 1.01 bits per heavy atom. The summed E-state index contributed by atoms with van der Waals surface area (Å²) in [4.78, 5) is 86.1. The van der Waals surface area contributed by atoms with Crippen LogP contribution in [0.2, 0.25) is 0 Å². The Balaban J connectivity index is 0.000000208. The zero-order valence-electron chi connectivity index (χ0n) is 53.3. The second-order valence-electron chi connectivity index (χ2n) is 25.9. The number of imide groups is 2. The number of hydrogen-bond donors (Lipinski definition) is 0. The van der Waals surface area contributed by atoms with Crippen molar-refractivity contribution in [1.82, 2.24) is 10.1 Å². The summed E-state index contributed by atoms with van der Waals surface area (Å²) in [7, 11) is 2.14. The molecule has 4 aromatic carbocycles. The van der Waals surface area contributed by atoms with Crippen LogP contribution in [0.5, 0.6) is 0 Å². The summed E-state index contributed by atoms with van der Waals surface area (Å²) in [5.41, 5.74) is 17.5. The molecule has 0 saturated carbocycles. The number of benzene rings is 4. The van der Waals surface area contributed by atoms with Gasteiger partial charge in [0.15, 0.2) is 11.4 Å².